The van der Waals surface area contributed by atoms with Crippen LogP contribution in [-0.4, -0.2) is 18.2 Å². The topological polar surface area (TPSA) is 64.0 Å². The summed E-state index contributed by atoms with van der Waals surface area (Å²) < 4.78 is 43.2. The van der Waals surface area contributed by atoms with Crippen LogP contribution in [0.5, 0.6) is 0 Å². The van der Waals surface area contributed by atoms with Crippen LogP contribution < -0.4 is 4.72 Å². The summed E-state index contributed by atoms with van der Waals surface area (Å²) in [6, 6.07) is 12.8. The Kier molecular flexibility index (Phi) is 4.59. The zero-order chi connectivity index (χ0) is 18.0. The summed E-state index contributed by atoms with van der Waals surface area (Å²) in [5.74, 6) is -0.174. The van der Waals surface area contributed by atoms with Crippen molar-refractivity contribution in [1.29, 1.82) is 0 Å². The Morgan fingerprint density at radius 1 is 1.16 bits per heavy atom. The van der Waals surface area contributed by atoms with E-state index in [9.17, 15) is 12.8 Å². The summed E-state index contributed by atoms with van der Waals surface area (Å²) in [5.41, 5.74) is 1.62. The number of nitrogens with one attached hydrogen (secondary N) is 1. The lowest BCUT2D eigenvalue weighted by Gasteiger charge is -2.08. The van der Waals surface area contributed by atoms with Crippen LogP contribution in [0.4, 0.5) is 10.2 Å². The average molecular weight is 359 g/mol. The number of aryl methyl sites for hydroxylation is 2. The molecule has 0 amide bonds. The van der Waals surface area contributed by atoms with Crippen LogP contribution in [0.1, 0.15) is 12.5 Å². The summed E-state index contributed by atoms with van der Waals surface area (Å²) in [4.78, 5) is 0.141. The third kappa shape index (κ3) is 3.56. The van der Waals surface area contributed by atoms with Gasteiger partial charge in [0.1, 0.15) is 5.82 Å². The highest BCUT2D eigenvalue weighted by Crippen LogP contribution is 2.30. The predicted octanol–water partition coefficient (Wildman–Crippen LogP) is 3.82. The Morgan fingerprint density at radius 3 is 2.52 bits per heavy atom. The molecule has 0 aliphatic carbocycles. The van der Waals surface area contributed by atoms with Crippen LogP contribution in [0, 0.1) is 12.7 Å². The van der Waals surface area contributed by atoms with Crippen LogP contribution in [-0.2, 0) is 16.6 Å². The standard InChI is InChI=1S/C18H18FN3O2S/c1-3-22-12-16(14-10-9-13(2)17(19)11-14)18(20-22)21-25(23,24)15-7-5-4-6-8-15/h4-12H,3H2,1-2H3,(H,20,21). The van der Waals surface area contributed by atoms with E-state index in [4.69, 9.17) is 0 Å². The molecule has 0 aliphatic rings. The van der Waals surface area contributed by atoms with Crippen LogP contribution in [0.2, 0.25) is 0 Å². The minimum Gasteiger partial charge on any atom is -0.270 e. The normalized spacial score (nSPS) is 11.5. The monoisotopic (exact) mass is 359 g/mol. The molecule has 0 aliphatic heterocycles. The van der Waals surface area contributed by atoms with E-state index in [0.29, 0.717) is 23.2 Å². The van der Waals surface area contributed by atoms with E-state index in [0.717, 1.165) is 0 Å². The summed E-state index contributed by atoms with van der Waals surface area (Å²) in [6.45, 7) is 4.13. The summed E-state index contributed by atoms with van der Waals surface area (Å²) >= 11 is 0. The predicted molar refractivity (Wildman–Crippen MR) is 95.3 cm³/mol. The number of aromatic nitrogens is 2. The number of sulfonamides is 1. The molecule has 1 N–H and O–H groups in total. The molecule has 0 saturated heterocycles. The molecule has 0 spiro atoms. The number of halogens is 1. The minimum atomic E-state index is -3.78. The van der Waals surface area contributed by atoms with Crippen molar-refractivity contribution in [2.75, 3.05) is 4.72 Å². The highest BCUT2D eigenvalue weighted by Gasteiger charge is 2.19. The van der Waals surface area contributed by atoms with Crippen molar-refractivity contribution in [3.63, 3.8) is 0 Å². The van der Waals surface area contributed by atoms with Gasteiger partial charge in [0.2, 0.25) is 0 Å². The maximum Gasteiger partial charge on any atom is 0.263 e. The molecule has 0 radical (unpaired) electrons. The average Bonchev–Trinajstić information content (AvgIpc) is 3.00. The van der Waals surface area contributed by atoms with E-state index in [-0.39, 0.29) is 16.5 Å². The minimum absolute atomic E-state index is 0.141. The highest BCUT2D eigenvalue weighted by atomic mass is 32.2. The largest absolute Gasteiger partial charge is 0.270 e. The highest BCUT2D eigenvalue weighted by molar-refractivity contribution is 7.92. The number of anilines is 1. The van der Waals surface area contributed by atoms with Crippen molar-refractivity contribution in [1.82, 2.24) is 9.78 Å². The molecule has 0 fully saturated rings. The number of hydrogen-bond acceptors (Lipinski definition) is 3. The number of hydrogen-bond donors (Lipinski definition) is 1. The SMILES string of the molecule is CCn1cc(-c2ccc(C)c(F)c2)c(NS(=O)(=O)c2ccccc2)n1. The Morgan fingerprint density at radius 2 is 1.88 bits per heavy atom. The van der Waals surface area contributed by atoms with Gasteiger partial charge in [-0.3, -0.25) is 9.40 Å². The first-order chi connectivity index (χ1) is 11.9. The zero-order valence-corrected chi connectivity index (χ0v) is 14.7. The summed E-state index contributed by atoms with van der Waals surface area (Å²) in [7, 11) is -3.78. The first-order valence-electron chi connectivity index (χ1n) is 7.82. The smallest absolute Gasteiger partial charge is 0.263 e. The molecule has 1 heterocycles. The van der Waals surface area contributed by atoms with Gasteiger partial charge < -0.3 is 0 Å². The second-order valence-corrected chi connectivity index (χ2v) is 7.31. The second kappa shape index (κ2) is 6.68. The molecule has 25 heavy (non-hydrogen) atoms. The molecule has 0 atom stereocenters. The zero-order valence-electron chi connectivity index (χ0n) is 13.9. The number of benzene rings is 2. The second-order valence-electron chi connectivity index (χ2n) is 5.63. The van der Waals surface area contributed by atoms with E-state index in [1.807, 2.05) is 6.92 Å². The van der Waals surface area contributed by atoms with Gasteiger partial charge in [0.25, 0.3) is 10.0 Å². The lowest BCUT2D eigenvalue weighted by atomic mass is 10.1. The molecular formula is C18H18FN3O2S. The van der Waals surface area contributed by atoms with Crippen molar-refractivity contribution in [3.05, 3.63) is 66.1 Å². The van der Waals surface area contributed by atoms with E-state index >= 15 is 0 Å². The molecule has 130 valence electrons. The van der Waals surface area contributed by atoms with E-state index in [1.54, 1.807) is 48.1 Å². The number of nitrogens with zero attached hydrogens (tertiary/aromatic N) is 2. The molecule has 5 nitrogen and oxygen atoms in total. The molecule has 1 aromatic heterocycles. The summed E-state index contributed by atoms with van der Waals surface area (Å²) in [5, 5.41) is 4.27. The van der Waals surface area contributed by atoms with Gasteiger partial charge in [-0.05, 0) is 43.2 Å². The van der Waals surface area contributed by atoms with Gasteiger partial charge >= 0.3 is 0 Å². The molecule has 2 aromatic carbocycles. The van der Waals surface area contributed by atoms with Crippen molar-refractivity contribution < 1.29 is 12.8 Å². The van der Waals surface area contributed by atoms with Crippen molar-refractivity contribution >= 4 is 15.8 Å². The molecule has 3 rings (SSSR count). The van der Waals surface area contributed by atoms with Gasteiger partial charge in [-0.25, -0.2) is 12.8 Å². The molecule has 7 heteroatoms. The fourth-order valence-electron chi connectivity index (χ4n) is 2.42. The third-order valence-corrected chi connectivity index (χ3v) is 5.21. The molecule has 0 saturated carbocycles. The van der Waals surface area contributed by atoms with Crippen LogP contribution in [0.3, 0.4) is 0 Å². The van der Waals surface area contributed by atoms with Gasteiger partial charge in [0, 0.05) is 18.3 Å². The molecule has 0 unspecified atom stereocenters. The fourth-order valence-corrected chi connectivity index (χ4v) is 3.45. The first kappa shape index (κ1) is 17.2. The third-order valence-electron chi connectivity index (χ3n) is 3.85. The van der Waals surface area contributed by atoms with Gasteiger partial charge in [-0.2, -0.15) is 5.10 Å². The van der Waals surface area contributed by atoms with Gasteiger partial charge in [-0.15, -0.1) is 0 Å². The summed E-state index contributed by atoms with van der Waals surface area (Å²) in [6.07, 6.45) is 1.70. The lowest BCUT2D eigenvalue weighted by molar-refractivity contribution is 0.600. The van der Waals surface area contributed by atoms with Gasteiger partial charge in [0.15, 0.2) is 5.82 Å². The number of rotatable bonds is 5. The van der Waals surface area contributed by atoms with Crippen LogP contribution in [0.25, 0.3) is 11.1 Å². The van der Waals surface area contributed by atoms with Gasteiger partial charge in [-0.1, -0.05) is 30.3 Å². The van der Waals surface area contributed by atoms with E-state index in [2.05, 4.69) is 9.82 Å². The maximum atomic E-state index is 13.9. The quantitative estimate of drug-likeness (QED) is 0.753. The molecule has 0 bridgehead atoms. The molecule has 3 aromatic rings. The van der Waals surface area contributed by atoms with Gasteiger partial charge in [0.05, 0.1) is 4.90 Å². The molecular weight excluding hydrogens is 341 g/mol. The van der Waals surface area contributed by atoms with E-state index in [1.165, 1.54) is 18.2 Å². The first-order valence-corrected chi connectivity index (χ1v) is 9.31. The lowest BCUT2D eigenvalue weighted by Crippen LogP contribution is -2.14. The van der Waals surface area contributed by atoms with Crippen molar-refractivity contribution in [2.24, 2.45) is 0 Å². The van der Waals surface area contributed by atoms with Crippen molar-refractivity contribution in [2.45, 2.75) is 25.3 Å². The maximum absolute atomic E-state index is 13.9. The Labute approximate surface area is 146 Å². The Balaban J connectivity index is 2.05. The van der Waals surface area contributed by atoms with Crippen LogP contribution >= 0.6 is 0 Å². The Bertz CT molecular complexity index is 998. The van der Waals surface area contributed by atoms with E-state index < -0.39 is 10.0 Å². The van der Waals surface area contributed by atoms with Crippen molar-refractivity contribution in [3.8, 4) is 11.1 Å². The fraction of sp³-hybridized carbons (Fsp3) is 0.167. The van der Waals surface area contributed by atoms with Crippen LogP contribution in [0.15, 0.2) is 59.6 Å². The Hall–Kier alpha value is -2.67.